The maximum absolute atomic E-state index is 5.25. The summed E-state index contributed by atoms with van der Waals surface area (Å²) in [5.41, 5.74) is 34.7. The van der Waals surface area contributed by atoms with E-state index in [1.807, 2.05) is 141 Å². The van der Waals surface area contributed by atoms with Crippen LogP contribution in [0.5, 0.6) is 0 Å². The smallest absolute Gasteiger partial charge is 0.161 e. The second-order valence-electron chi connectivity index (χ2n) is 36.9. The molecule has 0 aliphatic rings. The summed E-state index contributed by atoms with van der Waals surface area (Å²) in [6.45, 7) is 0. The fourth-order valence-electron chi connectivity index (χ4n) is 20.9. The third-order valence-corrected chi connectivity index (χ3v) is 27.8. The van der Waals surface area contributed by atoms with Gasteiger partial charge in [0.15, 0.2) is 17.5 Å². The van der Waals surface area contributed by atoms with E-state index in [-0.39, 0.29) is 0 Å². The minimum Gasteiger partial charge on any atom is -0.265 e. The number of hydrogen-bond donors (Lipinski definition) is 0. The summed E-state index contributed by atoms with van der Waals surface area (Å²) in [7, 11) is 0. The van der Waals surface area contributed by atoms with Crippen molar-refractivity contribution in [3.05, 3.63) is 548 Å². The van der Waals surface area contributed by atoms with Crippen LogP contribution in [0, 0.1) is 0 Å². The minimum atomic E-state index is 0.655. The molecule has 0 bridgehead atoms. The highest BCUT2D eigenvalue weighted by atomic mass is 14.9. The third kappa shape index (κ3) is 18.3. The largest absolute Gasteiger partial charge is 0.265 e. The Labute approximate surface area is 867 Å². The van der Waals surface area contributed by atoms with Crippen LogP contribution in [-0.2, 0) is 0 Å². The van der Waals surface area contributed by atoms with Gasteiger partial charge in [-0.1, -0.05) is 358 Å². The number of benzene rings is 18. The van der Waals surface area contributed by atoms with Gasteiger partial charge in [-0.3, -0.25) is 29.9 Å². The zero-order chi connectivity index (χ0) is 99.8. The van der Waals surface area contributed by atoms with E-state index in [2.05, 4.69) is 418 Å². The lowest BCUT2D eigenvalue weighted by Gasteiger charge is -2.18. The molecule has 0 N–H and O–H groups in total. The Bertz CT molecular complexity index is 9490. The number of pyridine rings is 6. The summed E-state index contributed by atoms with van der Waals surface area (Å²) in [5, 5.41) is 14.7. The Morgan fingerprint density at radius 3 is 0.647 bits per heavy atom. The minimum absolute atomic E-state index is 0.655. The SMILES string of the molecule is c1ccc(-c2c3ccccc3c(-c3cccc(-c4cc(-c5cccnc5)nc(-c5ccc(-c6ccncc6)cc5)n4)c3)c3ccccc23)cc1.c1ccc(-c2c3ccccc3c(-c3cccc(-c4cc(-c5cccnc5)nc(-c5cccc(-c6ccncc6)c5)n4)c3)c3ccccc23)cc1.c1ccc(-c2c3ccccc3c(-c3cccc(-c4cc(-c5cccnc5)nc(-c5ccccc5-c5ccncc5)n4)c3)c3ccccc23)cc1. The molecule has 0 saturated heterocycles. The number of rotatable bonds is 18. The summed E-state index contributed by atoms with van der Waals surface area (Å²) >= 11 is 0. The van der Waals surface area contributed by atoms with Gasteiger partial charge in [-0.25, -0.2) is 29.9 Å². The van der Waals surface area contributed by atoms with Crippen molar-refractivity contribution in [3.8, 4) is 202 Å². The van der Waals surface area contributed by atoms with Crippen LogP contribution in [0.2, 0.25) is 0 Å². The molecule has 9 heterocycles. The first-order valence-electron chi connectivity index (χ1n) is 50.1. The topological polar surface area (TPSA) is 155 Å². The van der Waals surface area contributed by atoms with E-state index in [0.717, 1.165) is 134 Å². The van der Waals surface area contributed by atoms with Crippen LogP contribution < -0.4 is 0 Å². The van der Waals surface area contributed by atoms with Gasteiger partial charge in [0, 0.05) is 124 Å². The Balaban J connectivity index is 0.000000116. The van der Waals surface area contributed by atoms with Crippen molar-refractivity contribution in [1.82, 2.24) is 59.8 Å². The molecule has 0 aliphatic carbocycles. The second-order valence-corrected chi connectivity index (χ2v) is 36.9. The van der Waals surface area contributed by atoms with E-state index in [0.29, 0.717) is 17.5 Å². The van der Waals surface area contributed by atoms with Gasteiger partial charge in [-0.05, 0) is 280 Å². The third-order valence-electron chi connectivity index (χ3n) is 27.8. The Hall–Kier alpha value is -20.3. The lowest BCUT2D eigenvalue weighted by Crippen LogP contribution is -1.98. The highest BCUT2D eigenvalue weighted by Crippen LogP contribution is 2.50. The van der Waals surface area contributed by atoms with Gasteiger partial charge in [-0.15, -0.1) is 0 Å². The van der Waals surface area contributed by atoms with Crippen LogP contribution in [0.3, 0.4) is 0 Å². The maximum atomic E-state index is 5.25. The number of hydrogen-bond acceptors (Lipinski definition) is 12. The van der Waals surface area contributed by atoms with Gasteiger partial charge >= 0.3 is 0 Å². The van der Waals surface area contributed by atoms with Crippen molar-refractivity contribution in [2.45, 2.75) is 0 Å². The van der Waals surface area contributed by atoms with E-state index in [4.69, 9.17) is 29.9 Å². The fraction of sp³-hybridized carbons (Fsp3) is 0. The number of nitrogens with zero attached hydrogens (tertiary/aromatic N) is 12. The van der Waals surface area contributed by atoms with E-state index in [9.17, 15) is 0 Å². The molecule has 0 fully saturated rings. The molecule has 9 aromatic heterocycles. The first-order valence-corrected chi connectivity index (χ1v) is 50.1. The summed E-state index contributed by atoms with van der Waals surface area (Å²) in [6.07, 6.45) is 21.8. The second kappa shape index (κ2) is 41.2. The van der Waals surface area contributed by atoms with E-state index in [1.54, 1.807) is 18.6 Å². The lowest BCUT2D eigenvalue weighted by molar-refractivity contribution is 1.18. The van der Waals surface area contributed by atoms with Crippen LogP contribution in [0.4, 0.5) is 0 Å². The molecule has 0 amide bonds. The molecule has 0 unspecified atom stereocenters. The van der Waals surface area contributed by atoms with E-state index < -0.39 is 0 Å². The van der Waals surface area contributed by atoms with Crippen LogP contribution in [-0.4, -0.2) is 59.8 Å². The molecular weight excluding hydrogens is 1830 g/mol. The molecule has 27 rings (SSSR count). The molecular formula is C138H90N12. The van der Waals surface area contributed by atoms with Gasteiger partial charge in [0.2, 0.25) is 0 Å². The maximum Gasteiger partial charge on any atom is 0.161 e. The Morgan fingerprint density at radius 1 is 0.107 bits per heavy atom. The summed E-state index contributed by atoms with van der Waals surface area (Å²) in [5.74, 6) is 1.98. The monoisotopic (exact) mass is 1910 g/mol. The molecule has 0 radical (unpaired) electrons. The first kappa shape index (κ1) is 90.9. The summed E-state index contributed by atoms with van der Waals surface area (Å²) in [4.78, 5) is 56.6. The summed E-state index contributed by atoms with van der Waals surface area (Å²) < 4.78 is 0. The molecule has 0 saturated carbocycles. The number of aromatic nitrogens is 12. The normalized spacial score (nSPS) is 11.2. The van der Waals surface area contributed by atoms with Crippen molar-refractivity contribution < 1.29 is 0 Å². The van der Waals surface area contributed by atoms with E-state index >= 15 is 0 Å². The highest BCUT2D eigenvalue weighted by Gasteiger charge is 2.25. The molecule has 702 valence electrons. The Morgan fingerprint density at radius 2 is 0.327 bits per heavy atom. The Kier molecular flexibility index (Phi) is 25.0. The summed E-state index contributed by atoms with van der Waals surface area (Å²) in [6, 6.07) is 166. The predicted molar refractivity (Wildman–Crippen MR) is 616 cm³/mol. The van der Waals surface area contributed by atoms with Gasteiger partial charge in [0.1, 0.15) is 0 Å². The van der Waals surface area contributed by atoms with Crippen molar-refractivity contribution in [2.24, 2.45) is 0 Å². The zero-order valence-electron chi connectivity index (χ0n) is 81.3. The van der Waals surface area contributed by atoms with Crippen molar-refractivity contribution in [1.29, 1.82) is 0 Å². The number of fused-ring (bicyclic) bond motifs is 6. The van der Waals surface area contributed by atoms with Gasteiger partial charge < -0.3 is 0 Å². The molecule has 12 nitrogen and oxygen atoms in total. The van der Waals surface area contributed by atoms with Gasteiger partial charge in [0.25, 0.3) is 0 Å². The molecule has 150 heavy (non-hydrogen) atoms. The van der Waals surface area contributed by atoms with Gasteiger partial charge in [0.05, 0.1) is 34.2 Å². The predicted octanol–water partition coefficient (Wildman–Crippen LogP) is 34.7. The average Bonchev–Trinajstić information content (AvgIpc) is 0.738. The molecule has 27 aromatic rings. The van der Waals surface area contributed by atoms with Crippen LogP contribution in [0.25, 0.3) is 266 Å². The lowest BCUT2D eigenvalue weighted by atomic mass is 9.85. The quantitative estimate of drug-likeness (QED) is 0.0751. The fourth-order valence-corrected chi connectivity index (χ4v) is 20.9. The van der Waals surface area contributed by atoms with Crippen LogP contribution in [0.1, 0.15) is 0 Å². The van der Waals surface area contributed by atoms with Crippen LogP contribution in [0.15, 0.2) is 548 Å². The van der Waals surface area contributed by atoms with Crippen molar-refractivity contribution >= 4 is 64.6 Å². The molecule has 18 aromatic carbocycles. The molecule has 12 heteroatoms. The highest BCUT2D eigenvalue weighted by molar-refractivity contribution is 6.25. The molecule has 0 spiro atoms. The standard InChI is InChI=1S/3C46H30N4/c1-2-12-32(13-3-1)44-37-18-5-7-20-39(37)45(40-21-8-6-19-38(40)44)34-15-10-14-33(28-34)42-29-43(35-16-11-25-48-30-35)50-46(49-42)41-22-9-4-17-36(41)31-23-26-47-27-24-31;1-2-11-32(12-3-1)44-38-18-4-6-20-40(38)45(41-21-7-5-19-39(41)44)35-15-9-14-34(28-35)42-29-43(37-17-10-24-48-30-37)50-46(49-42)36-16-8-13-33(27-36)31-22-25-47-26-23-31;1-2-10-33(11-3-1)44-38-15-4-6-17-40(38)45(41-18-7-5-16-39(41)44)36-13-8-12-35(28-36)42-29-43(37-14-9-25-48-30-37)50-46(49-42)34-21-19-31(20-22-34)32-23-26-47-27-24-32/h3*1-30H. The van der Waals surface area contributed by atoms with Gasteiger partial charge in [-0.2, -0.15) is 0 Å². The molecule has 0 atom stereocenters. The zero-order valence-corrected chi connectivity index (χ0v) is 81.3. The molecule has 0 aliphatic heterocycles. The van der Waals surface area contributed by atoms with E-state index in [1.165, 1.54) is 115 Å². The van der Waals surface area contributed by atoms with Crippen LogP contribution >= 0.6 is 0 Å². The van der Waals surface area contributed by atoms with Crippen molar-refractivity contribution in [2.75, 3.05) is 0 Å². The first-order chi connectivity index (χ1) is 74.4. The average molecular weight is 1920 g/mol. The van der Waals surface area contributed by atoms with Crippen molar-refractivity contribution in [3.63, 3.8) is 0 Å².